The molecule has 0 aromatic heterocycles. The van der Waals surface area contributed by atoms with Crippen molar-refractivity contribution in [1.82, 2.24) is 4.31 Å². The van der Waals surface area contributed by atoms with Crippen LogP contribution in [0.4, 0.5) is 0 Å². The molecule has 0 aliphatic carbocycles. The van der Waals surface area contributed by atoms with Gasteiger partial charge in [-0.25, -0.2) is 8.42 Å². The summed E-state index contributed by atoms with van der Waals surface area (Å²) >= 11 is 0. The van der Waals surface area contributed by atoms with Gasteiger partial charge in [0, 0.05) is 12.6 Å². The number of hydrogen-bond acceptors (Lipinski definition) is 3. The minimum atomic E-state index is -3.15. The van der Waals surface area contributed by atoms with E-state index < -0.39 is 10.0 Å². The van der Waals surface area contributed by atoms with E-state index in [9.17, 15) is 8.42 Å². The topological polar surface area (TPSA) is 46.6 Å². The van der Waals surface area contributed by atoms with Gasteiger partial charge in [-0.1, -0.05) is 37.3 Å². The molecule has 1 heterocycles. The van der Waals surface area contributed by atoms with E-state index >= 15 is 0 Å². The van der Waals surface area contributed by atoms with Crippen LogP contribution in [0.5, 0.6) is 0 Å². The molecule has 1 fully saturated rings. The molecule has 0 spiro atoms. The van der Waals surface area contributed by atoms with Crippen LogP contribution >= 0.6 is 0 Å². The fourth-order valence-electron chi connectivity index (χ4n) is 2.56. The van der Waals surface area contributed by atoms with Crippen molar-refractivity contribution >= 4 is 10.0 Å². The van der Waals surface area contributed by atoms with Crippen LogP contribution in [-0.2, 0) is 21.2 Å². The van der Waals surface area contributed by atoms with Gasteiger partial charge >= 0.3 is 0 Å². The molecular weight excluding hydrogens is 274 g/mol. The highest BCUT2D eigenvalue weighted by Crippen LogP contribution is 2.19. The Kier molecular flexibility index (Phi) is 5.18. The largest absolute Gasteiger partial charge is 0.375 e. The third kappa shape index (κ3) is 3.81. The molecule has 2 rings (SSSR count). The molecule has 5 heteroatoms. The van der Waals surface area contributed by atoms with Crippen LogP contribution in [0, 0.1) is 0 Å². The van der Waals surface area contributed by atoms with Crippen LogP contribution in [0.25, 0.3) is 0 Å². The Labute approximate surface area is 121 Å². The summed E-state index contributed by atoms with van der Waals surface area (Å²) in [5.74, 6) is 0.218. The Bertz CT molecular complexity index is 515. The molecule has 20 heavy (non-hydrogen) atoms. The number of nitrogens with zero attached hydrogens (tertiary/aromatic N) is 1. The molecule has 1 aromatic carbocycles. The van der Waals surface area contributed by atoms with Gasteiger partial charge in [0.2, 0.25) is 10.0 Å². The first-order valence-electron chi connectivity index (χ1n) is 7.18. The zero-order valence-corrected chi connectivity index (χ0v) is 13.0. The second-order valence-electron chi connectivity index (χ2n) is 5.38. The molecule has 0 saturated carbocycles. The lowest BCUT2D eigenvalue weighted by atomic mass is 10.1. The van der Waals surface area contributed by atoms with Crippen LogP contribution in [-0.4, -0.2) is 43.8 Å². The standard InChI is InChI=1S/C15H23NO3S/c1-3-9-20(17,18)16-11-15(19-12-13(16)2)10-14-7-5-4-6-8-14/h4-8,13,15H,3,9-12H2,1-2H3. The number of benzene rings is 1. The summed E-state index contributed by atoms with van der Waals surface area (Å²) in [6, 6.07) is 9.99. The monoisotopic (exact) mass is 297 g/mol. The number of hydrogen-bond donors (Lipinski definition) is 0. The molecule has 0 amide bonds. The first-order valence-corrected chi connectivity index (χ1v) is 8.79. The van der Waals surface area contributed by atoms with Gasteiger partial charge in [0.1, 0.15) is 0 Å². The second kappa shape index (κ2) is 6.70. The Morgan fingerprint density at radius 3 is 2.65 bits per heavy atom. The minimum absolute atomic E-state index is 0.0553. The smallest absolute Gasteiger partial charge is 0.214 e. The van der Waals surface area contributed by atoms with Crippen LogP contribution in [0.3, 0.4) is 0 Å². The van der Waals surface area contributed by atoms with Crippen molar-refractivity contribution in [3.8, 4) is 0 Å². The molecule has 1 aromatic rings. The Morgan fingerprint density at radius 2 is 2.00 bits per heavy atom. The van der Waals surface area contributed by atoms with Crippen LogP contribution in [0.2, 0.25) is 0 Å². The maximum absolute atomic E-state index is 12.3. The summed E-state index contributed by atoms with van der Waals surface area (Å²) in [4.78, 5) is 0. The summed E-state index contributed by atoms with van der Waals surface area (Å²) in [7, 11) is -3.15. The van der Waals surface area contributed by atoms with Crippen molar-refractivity contribution < 1.29 is 13.2 Å². The maximum Gasteiger partial charge on any atom is 0.214 e. The lowest BCUT2D eigenvalue weighted by Crippen LogP contribution is -2.52. The van der Waals surface area contributed by atoms with Crippen LogP contribution in [0.15, 0.2) is 30.3 Å². The maximum atomic E-state index is 12.3. The van der Waals surface area contributed by atoms with E-state index in [0.717, 1.165) is 6.42 Å². The fourth-order valence-corrected chi connectivity index (χ4v) is 4.31. The highest BCUT2D eigenvalue weighted by molar-refractivity contribution is 7.89. The first-order chi connectivity index (χ1) is 9.53. The van der Waals surface area contributed by atoms with Crippen molar-refractivity contribution in [2.45, 2.75) is 38.8 Å². The first kappa shape index (κ1) is 15.5. The van der Waals surface area contributed by atoms with Crippen molar-refractivity contribution in [2.24, 2.45) is 0 Å². The molecule has 4 nitrogen and oxygen atoms in total. The summed E-state index contributed by atoms with van der Waals surface area (Å²) in [6.07, 6.45) is 1.35. The molecule has 2 atom stereocenters. The van der Waals surface area contributed by atoms with E-state index in [1.165, 1.54) is 5.56 Å². The Balaban J connectivity index is 2.05. The van der Waals surface area contributed by atoms with Gasteiger partial charge in [-0.15, -0.1) is 0 Å². The molecular formula is C15H23NO3S. The van der Waals surface area contributed by atoms with Crippen molar-refractivity contribution in [1.29, 1.82) is 0 Å². The Morgan fingerprint density at radius 1 is 1.30 bits per heavy atom. The number of ether oxygens (including phenoxy) is 1. The van der Waals surface area contributed by atoms with E-state index in [1.807, 2.05) is 44.2 Å². The van der Waals surface area contributed by atoms with E-state index in [1.54, 1.807) is 4.31 Å². The van der Waals surface area contributed by atoms with Gasteiger partial charge < -0.3 is 4.74 Å². The van der Waals surface area contributed by atoms with Gasteiger partial charge in [-0.3, -0.25) is 0 Å². The summed E-state index contributed by atoms with van der Waals surface area (Å²) in [6.45, 7) is 4.73. The van der Waals surface area contributed by atoms with Crippen molar-refractivity contribution in [3.05, 3.63) is 35.9 Å². The normalized spacial score (nSPS) is 24.7. The zero-order valence-electron chi connectivity index (χ0n) is 12.2. The predicted molar refractivity (Wildman–Crippen MR) is 80.1 cm³/mol. The van der Waals surface area contributed by atoms with Gasteiger partial charge in [0.25, 0.3) is 0 Å². The number of rotatable bonds is 5. The highest BCUT2D eigenvalue weighted by Gasteiger charge is 2.33. The average Bonchev–Trinajstić information content (AvgIpc) is 2.42. The van der Waals surface area contributed by atoms with Gasteiger partial charge in [-0.05, 0) is 25.3 Å². The minimum Gasteiger partial charge on any atom is -0.375 e. The summed E-state index contributed by atoms with van der Waals surface area (Å²) < 4.78 is 31.9. The zero-order chi connectivity index (χ0) is 14.6. The fraction of sp³-hybridized carbons (Fsp3) is 0.600. The van der Waals surface area contributed by atoms with Crippen LogP contribution < -0.4 is 0 Å². The highest BCUT2D eigenvalue weighted by atomic mass is 32.2. The average molecular weight is 297 g/mol. The molecule has 0 radical (unpaired) electrons. The lowest BCUT2D eigenvalue weighted by molar-refractivity contribution is -0.0264. The molecule has 1 aliphatic heterocycles. The Hall–Kier alpha value is -0.910. The second-order valence-corrected chi connectivity index (χ2v) is 7.42. The molecule has 0 N–H and O–H groups in total. The summed E-state index contributed by atoms with van der Waals surface area (Å²) in [5.41, 5.74) is 1.18. The number of sulfonamides is 1. The van der Waals surface area contributed by atoms with E-state index in [-0.39, 0.29) is 17.9 Å². The lowest BCUT2D eigenvalue weighted by Gasteiger charge is -2.37. The summed E-state index contributed by atoms with van der Waals surface area (Å²) in [5, 5.41) is 0. The van der Waals surface area contributed by atoms with Gasteiger partial charge in [0.15, 0.2) is 0 Å². The molecule has 2 unspecified atom stereocenters. The predicted octanol–water partition coefficient (Wildman–Crippen LogP) is 2.06. The molecule has 0 bridgehead atoms. The van der Waals surface area contributed by atoms with Crippen LogP contribution in [0.1, 0.15) is 25.8 Å². The van der Waals surface area contributed by atoms with Crippen molar-refractivity contribution in [2.75, 3.05) is 18.9 Å². The van der Waals surface area contributed by atoms with Gasteiger partial charge in [-0.2, -0.15) is 4.31 Å². The molecule has 112 valence electrons. The quantitative estimate of drug-likeness (QED) is 0.836. The van der Waals surface area contributed by atoms with E-state index in [2.05, 4.69) is 0 Å². The SMILES string of the molecule is CCCS(=O)(=O)N1CC(Cc2ccccc2)OCC1C. The van der Waals surface area contributed by atoms with Gasteiger partial charge in [0.05, 0.1) is 18.5 Å². The third-order valence-electron chi connectivity index (χ3n) is 3.57. The van der Waals surface area contributed by atoms with Crippen molar-refractivity contribution in [3.63, 3.8) is 0 Å². The third-order valence-corrected chi connectivity index (χ3v) is 5.72. The number of morpholine rings is 1. The van der Waals surface area contributed by atoms with E-state index in [0.29, 0.717) is 19.6 Å². The molecule has 1 saturated heterocycles. The van der Waals surface area contributed by atoms with E-state index in [4.69, 9.17) is 4.74 Å². The molecule has 1 aliphatic rings.